The molecule has 4 atom stereocenters. The summed E-state index contributed by atoms with van der Waals surface area (Å²) in [5.41, 5.74) is 0. The van der Waals surface area contributed by atoms with Crippen LogP contribution in [-0.2, 0) is 14.3 Å². The molecule has 0 aromatic carbocycles. The highest BCUT2D eigenvalue weighted by Crippen LogP contribution is 2.43. The van der Waals surface area contributed by atoms with Crippen molar-refractivity contribution >= 4 is 11.9 Å². The standard InChI is InChI=1S/C18H31NO4/c1-2-3-4-5-6-7-8-9-12-19-17(20)15-13-10-11-14(23-13)16(15)18(21)22/h13-16H,2-12H2,1H3,(H,19,20)(H,21,22)/t13-,14+,15?,16?/m0/s1. The van der Waals surface area contributed by atoms with Crippen molar-refractivity contribution < 1.29 is 19.4 Å². The van der Waals surface area contributed by atoms with E-state index in [-0.39, 0.29) is 18.1 Å². The third kappa shape index (κ3) is 4.93. The highest BCUT2D eigenvalue weighted by Gasteiger charge is 2.55. The first-order valence-corrected chi connectivity index (χ1v) is 9.31. The van der Waals surface area contributed by atoms with E-state index in [9.17, 15) is 14.7 Å². The summed E-state index contributed by atoms with van der Waals surface area (Å²) in [6, 6.07) is 0. The summed E-state index contributed by atoms with van der Waals surface area (Å²) in [4.78, 5) is 23.7. The first-order chi connectivity index (χ1) is 11.1. The van der Waals surface area contributed by atoms with E-state index in [1.807, 2.05) is 0 Å². The zero-order valence-corrected chi connectivity index (χ0v) is 14.3. The molecule has 2 N–H and O–H groups in total. The highest BCUT2D eigenvalue weighted by molar-refractivity contribution is 5.86. The second-order valence-corrected chi connectivity index (χ2v) is 6.95. The number of ether oxygens (including phenoxy) is 1. The number of fused-ring (bicyclic) bond motifs is 2. The summed E-state index contributed by atoms with van der Waals surface area (Å²) in [6.07, 6.45) is 10.9. The number of rotatable bonds is 11. The summed E-state index contributed by atoms with van der Waals surface area (Å²) >= 11 is 0. The predicted octanol–water partition coefficient (Wildman–Crippen LogP) is 3.12. The van der Waals surface area contributed by atoms with Crippen molar-refractivity contribution in [2.45, 2.75) is 83.3 Å². The average Bonchev–Trinajstić information content (AvgIpc) is 3.14. The Balaban J connectivity index is 1.59. The minimum Gasteiger partial charge on any atom is -0.481 e. The number of nitrogens with one attached hydrogen (secondary N) is 1. The van der Waals surface area contributed by atoms with Gasteiger partial charge in [-0.15, -0.1) is 0 Å². The normalized spacial score (nSPS) is 28.9. The maximum Gasteiger partial charge on any atom is 0.310 e. The van der Waals surface area contributed by atoms with Gasteiger partial charge in [0.2, 0.25) is 5.91 Å². The van der Waals surface area contributed by atoms with Crippen LogP contribution in [0.2, 0.25) is 0 Å². The number of hydrogen-bond donors (Lipinski definition) is 2. The Labute approximate surface area is 139 Å². The topological polar surface area (TPSA) is 75.6 Å². The molecule has 5 nitrogen and oxygen atoms in total. The zero-order valence-electron chi connectivity index (χ0n) is 14.3. The van der Waals surface area contributed by atoms with Gasteiger partial charge in [0.15, 0.2) is 0 Å². The summed E-state index contributed by atoms with van der Waals surface area (Å²) in [6.45, 7) is 2.87. The number of aliphatic carboxylic acids is 1. The first-order valence-electron chi connectivity index (χ1n) is 9.31. The van der Waals surface area contributed by atoms with E-state index in [2.05, 4.69) is 12.2 Å². The number of carboxylic acids is 1. The van der Waals surface area contributed by atoms with Crippen LogP contribution >= 0.6 is 0 Å². The molecule has 2 saturated heterocycles. The van der Waals surface area contributed by atoms with Gasteiger partial charge < -0.3 is 15.2 Å². The molecule has 2 unspecified atom stereocenters. The fourth-order valence-electron chi connectivity index (χ4n) is 3.91. The lowest BCUT2D eigenvalue weighted by molar-refractivity contribution is -0.147. The maximum absolute atomic E-state index is 12.3. The van der Waals surface area contributed by atoms with Crippen LogP contribution in [-0.4, -0.2) is 35.7 Å². The van der Waals surface area contributed by atoms with Gasteiger partial charge >= 0.3 is 5.97 Å². The predicted molar refractivity (Wildman–Crippen MR) is 88.1 cm³/mol. The van der Waals surface area contributed by atoms with Crippen LogP contribution in [0.5, 0.6) is 0 Å². The van der Waals surface area contributed by atoms with Gasteiger partial charge in [-0.3, -0.25) is 9.59 Å². The Bertz CT molecular complexity index is 398. The summed E-state index contributed by atoms with van der Waals surface area (Å²) in [5.74, 6) is -2.19. The van der Waals surface area contributed by atoms with E-state index in [0.717, 1.165) is 25.7 Å². The fraction of sp³-hybridized carbons (Fsp3) is 0.889. The molecule has 2 aliphatic rings. The molecular formula is C18H31NO4. The van der Waals surface area contributed by atoms with Crippen LogP contribution in [0, 0.1) is 11.8 Å². The number of carbonyl (C=O) groups excluding carboxylic acids is 1. The van der Waals surface area contributed by atoms with E-state index in [4.69, 9.17) is 4.74 Å². The van der Waals surface area contributed by atoms with Crippen LogP contribution in [0.3, 0.4) is 0 Å². The minimum absolute atomic E-state index is 0.132. The van der Waals surface area contributed by atoms with E-state index in [1.165, 1.54) is 38.5 Å². The fourth-order valence-corrected chi connectivity index (χ4v) is 3.91. The highest BCUT2D eigenvalue weighted by atomic mass is 16.5. The second kappa shape index (κ2) is 9.26. The molecule has 2 aliphatic heterocycles. The van der Waals surface area contributed by atoms with Crippen molar-refractivity contribution in [1.29, 1.82) is 0 Å². The van der Waals surface area contributed by atoms with Gasteiger partial charge in [-0.25, -0.2) is 0 Å². The van der Waals surface area contributed by atoms with Gasteiger partial charge in [0.25, 0.3) is 0 Å². The third-order valence-electron chi connectivity index (χ3n) is 5.19. The van der Waals surface area contributed by atoms with Gasteiger partial charge in [0.05, 0.1) is 24.0 Å². The van der Waals surface area contributed by atoms with Crippen LogP contribution in [0.4, 0.5) is 0 Å². The number of hydrogen-bond acceptors (Lipinski definition) is 3. The molecule has 0 saturated carbocycles. The summed E-state index contributed by atoms with van der Waals surface area (Å²) < 4.78 is 5.63. The van der Waals surface area contributed by atoms with Gasteiger partial charge in [0.1, 0.15) is 0 Å². The Kier molecular flexibility index (Phi) is 7.34. The van der Waals surface area contributed by atoms with Crippen molar-refractivity contribution in [3.8, 4) is 0 Å². The van der Waals surface area contributed by atoms with Crippen LogP contribution in [0.1, 0.15) is 71.1 Å². The number of carboxylic acid groups (broad SMARTS) is 1. The molecule has 2 fully saturated rings. The van der Waals surface area contributed by atoms with Gasteiger partial charge in [-0.05, 0) is 19.3 Å². The first kappa shape index (κ1) is 18.2. The second-order valence-electron chi connectivity index (χ2n) is 6.95. The third-order valence-corrected chi connectivity index (χ3v) is 5.19. The van der Waals surface area contributed by atoms with Gasteiger partial charge in [-0.1, -0.05) is 51.9 Å². The quantitative estimate of drug-likeness (QED) is 0.572. The molecule has 0 aromatic rings. The molecule has 2 heterocycles. The monoisotopic (exact) mass is 325 g/mol. The summed E-state index contributed by atoms with van der Waals surface area (Å²) in [7, 11) is 0. The van der Waals surface area contributed by atoms with Gasteiger partial charge in [-0.2, -0.15) is 0 Å². The van der Waals surface area contributed by atoms with Crippen LogP contribution < -0.4 is 5.32 Å². The lowest BCUT2D eigenvalue weighted by Crippen LogP contribution is -2.44. The van der Waals surface area contributed by atoms with Crippen molar-refractivity contribution in [1.82, 2.24) is 5.32 Å². The number of carbonyl (C=O) groups is 2. The molecular weight excluding hydrogens is 294 g/mol. The van der Waals surface area contributed by atoms with Crippen molar-refractivity contribution in [2.75, 3.05) is 6.54 Å². The van der Waals surface area contributed by atoms with Crippen molar-refractivity contribution in [3.63, 3.8) is 0 Å². The van der Waals surface area contributed by atoms with E-state index < -0.39 is 17.8 Å². The molecule has 2 rings (SSSR count). The van der Waals surface area contributed by atoms with Crippen LogP contribution in [0.15, 0.2) is 0 Å². The van der Waals surface area contributed by atoms with Crippen molar-refractivity contribution in [3.05, 3.63) is 0 Å². The molecule has 5 heteroatoms. The molecule has 0 radical (unpaired) electrons. The van der Waals surface area contributed by atoms with Crippen molar-refractivity contribution in [2.24, 2.45) is 11.8 Å². The minimum atomic E-state index is -0.899. The molecule has 0 spiro atoms. The van der Waals surface area contributed by atoms with Crippen LogP contribution in [0.25, 0.3) is 0 Å². The zero-order chi connectivity index (χ0) is 16.7. The molecule has 0 aromatic heterocycles. The van der Waals surface area contributed by atoms with E-state index in [0.29, 0.717) is 6.54 Å². The Hall–Kier alpha value is -1.10. The molecule has 0 aliphatic carbocycles. The van der Waals surface area contributed by atoms with Gasteiger partial charge in [0, 0.05) is 6.54 Å². The Morgan fingerprint density at radius 2 is 1.52 bits per heavy atom. The maximum atomic E-state index is 12.3. The molecule has 1 amide bonds. The number of amides is 1. The molecule has 23 heavy (non-hydrogen) atoms. The Morgan fingerprint density at radius 1 is 0.957 bits per heavy atom. The lowest BCUT2D eigenvalue weighted by atomic mass is 9.78. The SMILES string of the molecule is CCCCCCCCCCNC(=O)C1C(C(=O)O)[C@H]2CC[C@@H]1O2. The smallest absolute Gasteiger partial charge is 0.310 e. The molecule has 132 valence electrons. The average molecular weight is 325 g/mol. The summed E-state index contributed by atoms with van der Waals surface area (Å²) in [5, 5.41) is 12.2. The van der Waals surface area contributed by atoms with E-state index >= 15 is 0 Å². The lowest BCUT2D eigenvalue weighted by Gasteiger charge is -2.23. The Morgan fingerprint density at radius 3 is 2.13 bits per heavy atom. The number of unbranched alkanes of at least 4 members (excludes halogenated alkanes) is 7. The van der Waals surface area contributed by atoms with E-state index in [1.54, 1.807) is 0 Å². The molecule has 2 bridgehead atoms. The largest absolute Gasteiger partial charge is 0.481 e.